The first kappa shape index (κ1) is 21.8. The fourth-order valence-electron chi connectivity index (χ4n) is 4.24. The normalized spacial score (nSPS) is 28.2. The second-order valence-electron chi connectivity index (χ2n) is 8.10. The standard InChI is InChI=1S/C18H25ClN8O4S/c1-26-8-11(6-21-26)22-18-20-7-12(19)17(24-18)23-13-9-30-16-14(10-31-15(13)16)25-32(28,29)27-4-2-3-5-27/h6-8,13-16,25H,2-5,9-10H2,1H3,(H2,20,22,23,24)/t13-,14+,15?,16?/m0/s1. The molecule has 2 aromatic heterocycles. The smallest absolute Gasteiger partial charge is 0.279 e. The third-order valence-electron chi connectivity index (χ3n) is 5.79. The number of rotatable bonds is 7. The molecule has 3 fully saturated rings. The first-order valence-corrected chi connectivity index (χ1v) is 12.3. The maximum Gasteiger partial charge on any atom is 0.279 e. The fraction of sp³-hybridized carbons (Fsp3) is 0.611. The van der Waals surface area contributed by atoms with Crippen LogP contribution in [0.1, 0.15) is 12.8 Å². The Kier molecular flexibility index (Phi) is 5.94. The highest BCUT2D eigenvalue weighted by Crippen LogP contribution is 2.31. The van der Waals surface area contributed by atoms with Crippen molar-refractivity contribution in [3.8, 4) is 0 Å². The number of fused-ring (bicyclic) bond motifs is 1. The first-order valence-electron chi connectivity index (χ1n) is 10.4. The van der Waals surface area contributed by atoms with E-state index in [1.165, 1.54) is 10.5 Å². The molecule has 174 valence electrons. The molecule has 3 aliphatic rings. The number of nitrogens with one attached hydrogen (secondary N) is 3. The molecular weight excluding hydrogens is 460 g/mol. The summed E-state index contributed by atoms with van der Waals surface area (Å²) in [7, 11) is -1.74. The minimum atomic E-state index is -3.55. The Balaban J connectivity index is 1.24. The van der Waals surface area contributed by atoms with Gasteiger partial charge in [0.15, 0.2) is 5.82 Å². The molecule has 3 aliphatic heterocycles. The van der Waals surface area contributed by atoms with Gasteiger partial charge in [-0.25, -0.2) is 4.98 Å². The van der Waals surface area contributed by atoms with Crippen molar-refractivity contribution in [2.24, 2.45) is 7.05 Å². The van der Waals surface area contributed by atoms with Crippen molar-refractivity contribution in [2.75, 3.05) is 36.9 Å². The Morgan fingerprint density at radius 1 is 1.12 bits per heavy atom. The molecule has 2 unspecified atom stereocenters. The topological polar surface area (TPSA) is 136 Å². The van der Waals surface area contributed by atoms with E-state index < -0.39 is 22.4 Å². The van der Waals surface area contributed by atoms with Crippen molar-refractivity contribution < 1.29 is 17.9 Å². The number of aromatic nitrogens is 4. The lowest BCUT2D eigenvalue weighted by Gasteiger charge is -2.22. The number of nitrogens with zero attached hydrogens (tertiary/aromatic N) is 5. The number of ether oxygens (including phenoxy) is 2. The molecule has 0 bridgehead atoms. The van der Waals surface area contributed by atoms with Gasteiger partial charge in [-0.15, -0.1) is 0 Å². The Morgan fingerprint density at radius 2 is 1.84 bits per heavy atom. The third-order valence-corrected chi connectivity index (χ3v) is 7.71. The second-order valence-corrected chi connectivity index (χ2v) is 10.2. The van der Waals surface area contributed by atoms with E-state index in [4.69, 9.17) is 21.1 Å². The van der Waals surface area contributed by atoms with Crippen LogP contribution in [0, 0.1) is 0 Å². The number of aryl methyl sites for hydroxylation is 1. The number of anilines is 3. The van der Waals surface area contributed by atoms with E-state index in [9.17, 15) is 8.42 Å². The molecule has 14 heteroatoms. The molecule has 12 nitrogen and oxygen atoms in total. The van der Waals surface area contributed by atoms with Crippen molar-refractivity contribution in [1.29, 1.82) is 0 Å². The van der Waals surface area contributed by atoms with E-state index in [1.807, 2.05) is 7.05 Å². The highest BCUT2D eigenvalue weighted by molar-refractivity contribution is 7.87. The van der Waals surface area contributed by atoms with Crippen LogP contribution in [0.5, 0.6) is 0 Å². The molecule has 3 N–H and O–H groups in total. The van der Waals surface area contributed by atoms with Crippen LogP contribution in [-0.4, -0.2) is 83.1 Å². The van der Waals surface area contributed by atoms with Crippen LogP contribution in [0.3, 0.4) is 0 Å². The van der Waals surface area contributed by atoms with Crippen LogP contribution in [0.2, 0.25) is 5.02 Å². The van der Waals surface area contributed by atoms with Gasteiger partial charge < -0.3 is 20.1 Å². The molecular formula is C18H25ClN8O4S. The van der Waals surface area contributed by atoms with Gasteiger partial charge in [-0.1, -0.05) is 11.6 Å². The lowest BCUT2D eigenvalue weighted by Crippen LogP contribution is -2.49. The maximum absolute atomic E-state index is 12.6. The molecule has 0 amide bonds. The van der Waals surface area contributed by atoms with Gasteiger partial charge in [-0.2, -0.15) is 27.5 Å². The SMILES string of the molecule is Cn1cc(Nc2ncc(Cl)c(N[C@H]3COC4C3OC[C@H]4NS(=O)(=O)N3CCCC3)n2)cn1. The van der Waals surface area contributed by atoms with Crippen LogP contribution >= 0.6 is 11.6 Å². The van der Waals surface area contributed by atoms with Gasteiger partial charge in [0.1, 0.15) is 17.2 Å². The van der Waals surface area contributed by atoms with Gasteiger partial charge in [0, 0.05) is 26.3 Å². The summed E-state index contributed by atoms with van der Waals surface area (Å²) >= 11 is 6.30. The highest BCUT2D eigenvalue weighted by atomic mass is 35.5. The van der Waals surface area contributed by atoms with E-state index >= 15 is 0 Å². The predicted octanol–water partition coefficient (Wildman–Crippen LogP) is 0.484. The summed E-state index contributed by atoms with van der Waals surface area (Å²) in [5.41, 5.74) is 0.747. The number of hydrogen-bond acceptors (Lipinski definition) is 9. The van der Waals surface area contributed by atoms with E-state index in [0.717, 1.165) is 18.5 Å². The Labute approximate surface area is 190 Å². The van der Waals surface area contributed by atoms with Gasteiger partial charge in [-0.3, -0.25) is 4.68 Å². The predicted molar refractivity (Wildman–Crippen MR) is 117 cm³/mol. The molecule has 0 aliphatic carbocycles. The Bertz CT molecular complexity index is 1080. The van der Waals surface area contributed by atoms with Crippen molar-refractivity contribution in [3.63, 3.8) is 0 Å². The average Bonchev–Trinajstić information content (AvgIpc) is 3.53. The summed E-state index contributed by atoms with van der Waals surface area (Å²) < 4.78 is 43.0. The lowest BCUT2D eigenvalue weighted by molar-refractivity contribution is 0.0689. The summed E-state index contributed by atoms with van der Waals surface area (Å²) in [4.78, 5) is 8.65. The molecule has 5 rings (SSSR count). The molecule has 4 atom stereocenters. The third kappa shape index (κ3) is 4.40. The largest absolute Gasteiger partial charge is 0.371 e. The summed E-state index contributed by atoms with van der Waals surface area (Å²) in [6.45, 7) is 1.67. The van der Waals surface area contributed by atoms with Crippen LogP contribution in [0.25, 0.3) is 0 Å². The second kappa shape index (κ2) is 8.72. The van der Waals surface area contributed by atoms with Crippen molar-refractivity contribution in [1.82, 2.24) is 28.8 Å². The Morgan fingerprint density at radius 3 is 2.56 bits per heavy atom. The highest BCUT2D eigenvalue weighted by Gasteiger charge is 2.49. The quantitative estimate of drug-likeness (QED) is 0.512. The van der Waals surface area contributed by atoms with Crippen LogP contribution < -0.4 is 15.4 Å². The zero-order valence-electron chi connectivity index (χ0n) is 17.4. The van der Waals surface area contributed by atoms with Gasteiger partial charge in [0.2, 0.25) is 5.95 Å². The lowest BCUT2D eigenvalue weighted by atomic mass is 10.1. The molecule has 2 aromatic rings. The summed E-state index contributed by atoms with van der Waals surface area (Å²) in [5.74, 6) is 0.802. The zero-order valence-corrected chi connectivity index (χ0v) is 19.0. The van der Waals surface area contributed by atoms with Gasteiger partial charge in [0.25, 0.3) is 10.2 Å². The van der Waals surface area contributed by atoms with Crippen molar-refractivity contribution in [3.05, 3.63) is 23.6 Å². The molecule has 0 saturated carbocycles. The summed E-state index contributed by atoms with van der Waals surface area (Å²) in [5, 5.41) is 10.8. The molecule has 0 spiro atoms. The molecule has 5 heterocycles. The monoisotopic (exact) mass is 484 g/mol. The summed E-state index contributed by atoms with van der Waals surface area (Å²) in [6, 6.07) is -0.680. The van der Waals surface area contributed by atoms with E-state index in [1.54, 1.807) is 17.1 Å². The fourth-order valence-corrected chi connectivity index (χ4v) is 5.86. The first-order chi connectivity index (χ1) is 15.4. The van der Waals surface area contributed by atoms with Crippen molar-refractivity contribution >= 4 is 39.3 Å². The maximum atomic E-state index is 12.6. The zero-order chi connectivity index (χ0) is 22.3. The molecule has 3 saturated heterocycles. The Hall–Kier alpha value is -2.03. The van der Waals surface area contributed by atoms with Crippen LogP contribution in [-0.2, 0) is 26.7 Å². The summed E-state index contributed by atoms with van der Waals surface area (Å²) in [6.07, 6.45) is 6.01. The number of halogens is 1. The minimum Gasteiger partial charge on any atom is -0.371 e. The molecule has 32 heavy (non-hydrogen) atoms. The van der Waals surface area contributed by atoms with E-state index in [0.29, 0.717) is 36.5 Å². The van der Waals surface area contributed by atoms with Gasteiger partial charge >= 0.3 is 0 Å². The van der Waals surface area contributed by atoms with Crippen LogP contribution in [0.4, 0.5) is 17.5 Å². The average molecular weight is 485 g/mol. The van der Waals surface area contributed by atoms with Crippen molar-refractivity contribution in [2.45, 2.75) is 37.1 Å². The van der Waals surface area contributed by atoms with Crippen LogP contribution in [0.15, 0.2) is 18.6 Å². The van der Waals surface area contributed by atoms with Gasteiger partial charge in [-0.05, 0) is 12.8 Å². The molecule has 0 aromatic carbocycles. The van der Waals surface area contributed by atoms with E-state index in [2.05, 4.69) is 30.4 Å². The number of hydrogen-bond donors (Lipinski definition) is 3. The van der Waals surface area contributed by atoms with Gasteiger partial charge in [0.05, 0.1) is 43.4 Å². The molecule has 0 radical (unpaired) electrons. The van der Waals surface area contributed by atoms with E-state index in [-0.39, 0.29) is 18.8 Å². The minimum absolute atomic E-state index is 0.236.